The van der Waals surface area contributed by atoms with Crippen LogP contribution in [-0.2, 0) is 14.2 Å². The molecule has 1 aromatic carbocycles. The number of nitrogen functional groups attached to an aromatic ring is 2. The molecule has 0 aliphatic carbocycles. The van der Waals surface area contributed by atoms with E-state index in [-0.39, 0.29) is 57.2 Å². The molecule has 5 aromatic rings. The van der Waals surface area contributed by atoms with Crippen LogP contribution in [0.1, 0.15) is 43.1 Å². The molecule has 0 unspecified atom stereocenters. The summed E-state index contributed by atoms with van der Waals surface area (Å²) in [5.41, 5.74) is 8.95. The van der Waals surface area contributed by atoms with Crippen molar-refractivity contribution in [3.8, 4) is 5.88 Å². The fraction of sp³-hybridized carbons (Fsp3) is 0.433. The van der Waals surface area contributed by atoms with E-state index in [0.717, 1.165) is 0 Å². The first-order valence-corrected chi connectivity index (χ1v) is 15.4. The van der Waals surface area contributed by atoms with Crippen molar-refractivity contribution in [2.75, 3.05) is 25.2 Å². The largest absolute Gasteiger partial charge is 0.479 e. The summed E-state index contributed by atoms with van der Waals surface area (Å²) in [5.74, 6) is -1.07. The monoisotopic (exact) mass is 700 g/mol. The van der Waals surface area contributed by atoms with Crippen LogP contribution in [0.15, 0.2) is 43.0 Å². The van der Waals surface area contributed by atoms with Crippen molar-refractivity contribution in [1.29, 1.82) is 0 Å². The normalized spacial score (nSPS) is 29.9. The van der Waals surface area contributed by atoms with E-state index in [4.69, 9.17) is 42.0 Å². The van der Waals surface area contributed by atoms with E-state index in [0.29, 0.717) is 0 Å². The zero-order valence-electron chi connectivity index (χ0n) is 26.3. The number of hydrogen-bond acceptors (Lipinski definition) is 14. The summed E-state index contributed by atoms with van der Waals surface area (Å²) in [6.45, 7) is 2.22. The third-order valence-corrected chi connectivity index (χ3v) is 9.40. The highest BCUT2D eigenvalue weighted by molar-refractivity contribution is 6.33. The van der Waals surface area contributed by atoms with Crippen LogP contribution in [0.4, 0.5) is 20.7 Å². The van der Waals surface area contributed by atoms with Crippen molar-refractivity contribution in [3.63, 3.8) is 0 Å². The zero-order valence-corrected chi connectivity index (χ0v) is 27.0. The quantitative estimate of drug-likeness (QED) is 0.157. The molecule has 5 N–H and O–H groups in total. The van der Waals surface area contributed by atoms with E-state index in [9.17, 15) is 9.90 Å². The highest BCUT2D eigenvalue weighted by Crippen LogP contribution is 2.55. The topological polar surface area (TPSA) is 213 Å². The molecule has 7 rings (SSSR count). The number of aliphatic hydroxyl groups excluding tert-OH is 1. The van der Waals surface area contributed by atoms with E-state index in [1.165, 1.54) is 54.9 Å². The maximum atomic E-state index is 17.1. The Labute approximate surface area is 281 Å². The van der Waals surface area contributed by atoms with Gasteiger partial charge in [-0.25, -0.2) is 23.5 Å². The lowest BCUT2D eigenvalue weighted by Crippen LogP contribution is -2.47. The number of aliphatic hydroxyl groups is 1. The molecule has 6 heterocycles. The van der Waals surface area contributed by atoms with Crippen LogP contribution in [0, 0.1) is 5.41 Å². The Hall–Kier alpha value is -4.78. The highest BCUT2D eigenvalue weighted by atomic mass is 35.5. The van der Waals surface area contributed by atoms with E-state index >= 15 is 8.78 Å². The minimum atomic E-state index is -2.05. The first kappa shape index (κ1) is 32.8. The number of hydrogen-bond donors (Lipinski definition) is 3. The molecule has 2 saturated heterocycles. The lowest BCUT2D eigenvalue weighted by Gasteiger charge is -2.35. The first-order chi connectivity index (χ1) is 23.4. The minimum absolute atomic E-state index is 0.0574. The summed E-state index contributed by atoms with van der Waals surface area (Å²) in [7, 11) is 1.38. The Morgan fingerprint density at radius 1 is 0.939 bits per heavy atom. The predicted molar refractivity (Wildman–Crippen MR) is 169 cm³/mol. The van der Waals surface area contributed by atoms with E-state index in [2.05, 4.69) is 29.9 Å². The molecular weight excluding hydrogens is 670 g/mol. The average molecular weight is 701 g/mol. The number of alkyl halides is 2. The number of fused-ring (bicyclic) bond motifs is 2. The lowest BCUT2D eigenvalue weighted by atomic mass is 9.76. The summed E-state index contributed by atoms with van der Waals surface area (Å²) >= 11 is 6.27. The number of halogens is 3. The Morgan fingerprint density at radius 3 is 2.22 bits per heavy atom. The van der Waals surface area contributed by atoms with Crippen molar-refractivity contribution in [3.05, 3.63) is 53.7 Å². The number of rotatable bonds is 8. The molecule has 4 aromatic heterocycles. The second kappa shape index (κ2) is 12.0. The van der Waals surface area contributed by atoms with Gasteiger partial charge >= 0.3 is 5.97 Å². The van der Waals surface area contributed by atoms with Gasteiger partial charge in [0.15, 0.2) is 40.0 Å². The number of aromatic nitrogens is 8. The van der Waals surface area contributed by atoms with Gasteiger partial charge in [-0.2, -0.15) is 19.9 Å². The van der Waals surface area contributed by atoms with Gasteiger partial charge in [0.1, 0.15) is 24.0 Å². The molecule has 0 bridgehead atoms. The smallest absolute Gasteiger partial charge is 0.338 e. The van der Waals surface area contributed by atoms with E-state index in [1.807, 2.05) is 0 Å². The third kappa shape index (κ3) is 5.17. The summed E-state index contributed by atoms with van der Waals surface area (Å²) in [4.78, 5) is 38.4. The van der Waals surface area contributed by atoms with Gasteiger partial charge in [0.25, 0.3) is 0 Å². The highest BCUT2D eigenvalue weighted by Gasteiger charge is 2.63. The van der Waals surface area contributed by atoms with Crippen molar-refractivity contribution in [1.82, 2.24) is 39.0 Å². The zero-order chi connectivity index (χ0) is 34.8. The number of imidazole rings is 2. The average Bonchev–Trinajstić information content (AvgIpc) is 3.81. The van der Waals surface area contributed by atoms with Crippen molar-refractivity contribution < 1.29 is 37.6 Å². The first-order valence-electron chi connectivity index (χ1n) is 15.1. The molecular formula is C30H31ClF2N10O6. The van der Waals surface area contributed by atoms with Gasteiger partial charge in [0, 0.05) is 5.41 Å². The molecule has 0 amide bonds. The van der Waals surface area contributed by atoms with Gasteiger partial charge in [-0.3, -0.25) is 9.13 Å². The molecule has 16 nitrogen and oxygen atoms in total. The van der Waals surface area contributed by atoms with Crippen molar-refractivity contribution in [2.45, 2.75) is 62.9 Å². The number of methoxy groups -OCH3 is 1. The van der Waals surface area contributed by atoms with Gasteiger partial charge in [-0.1, -0.05) is 36.7 Å². The van der Waals surface area contributed by atoms with Crippen molar-refractivity contribution >= 4 is 51.8 Å². The molecule has 258 valence electrons. The van der Waals surface area contributed by atoms with Crippen LogP contribution >= 0.6 is 11.6 Å². The van der Waals surface area contributed by atoms with Gasteiger partial charge in [0.2, 0.25) is 17.8 Å². The van der Waals surface area contributed by atoms with Gasteiger partial charge < -0.3 is 35.5 Å². The number of carbonyl (C=O) groups excluding carboxylic acids is 1. The summed E-state index contributed by atoms with van der Waals surface area (Å²) < 4.78 is 59.9. The number of nitrogens with zero attached hydrogens (tertiary/aromatic N) is 8. The van der Waals surface area contributed by atoms with Crippen LogP contribution < -0.4 is 16.2 Å². The van der Waals surface area contributed by atoms with Crippen LogP contribution in [0.2, 0.25) is 5.15 Å². The molecule has 19 heteroatoms. The van der Waals surface area contributed by atoms with Crippen LogP contribution in [0.3, 0.4) is 0 Å². The number of carbonyl (C=O) groups is 1. The molecule has 2 aliphatic rings. The Balaban J connectivity index is 1.30. The number of anilines is 2. The second-order valence-electron chi connectivity index (χ2n) is 12.3. The summed E-state index contributed by atoms with van der Waals surface area (Å²) in [5, 5.41) is 10.0. The SMILES string of the molecule is COc1nc(N)nc2c1ncn2[C@@H]1O[C@H](CO)[C@H](F)[C@@]1(C)C[C@H]1O[C@@H](n2cnc3c(Cl)nc(N)nc32)[C@](C)(OC(=O)c2ccccc2)[C@@H]1F. The molecule has 0 spiro atoms. The second-order valence-corrected chi connectivity index (χ2v) is 12.7. The molecule has 0 saturated carbocycles. The van der Waals surface area contributed by atoms with Crippen LogP contribution in [-0.4, -0.2) is 94.0 Å². The minimum Gasteiger partial charge on any atom is -0.479 e. The third-order valence-electron chi connectivity index (χ3n) is 9.14. The van der Waals surface area contributed by atoms with Gasteiger partial charge in [0.05, 0.1) is 38.0 Å². The van der Waals surface area contributed by atoms with E-state index in [1.54, 1.807) is 18.2 Å². The number of esters is 1. The fourth-order valence-corrected chi connectivity index (χ4v) is 6.93. The van der Waals surface area contributed by atoms with E-state index < -0.39 is 60.6 Å². The lowest BCUT2D eigenvalue weighted by molar-refractivity contribution is -0.103. The molecule has 2 aliphatic heterocycles. The molecule has 2 fully saturated rings. The fourth-order valence-electron chi connectivity index (χ4n) is 6.71. The molecule has 0 radical (unpaired) electrons. The van der Waals surface area contributed by atoms with Crippen LogP contribution in [0.5, 0.6) is 5.88 Å². The number of nitrogens with two attached hydrogens (primary N) is 2. The predicted octanol–water partition coefficient (Wildman–Crippen LogP) is 2.97. The molecule has 8 atom stereocenters. The maximum Gasteiger partial charge on any atom is 0.338 e. The molecule has 49 heavy (non-hydrogen) atoms. The van der Waals surface area contributed by atoms with Crippen LogP contribution in [0.25, 0.3) is 22.3 Å². The Morgan fingerprint density at radius 2 is 1.55 bits per heavy atom. The summed E-state index contributed by atoms with van der Waals surface area (Å²) in [6.07, 6.45) is -6.90. The Bertz CT molecular complexity index is 2050. The van der Waals surface area contributed by atoms with Gasteiger partial charge in [-0.15, -0.1) is 0 Å². The maximum absolute atomic E-state index is 17.1. The number of benzene rings is 1. The van der Waals surface area contributed by atoms with Gasteiger partial charge in [-0.05, 0) is 25.5 Å². The standard InChI is InChI=1S/C30H31ClF2N10O6/c1-29(18(32)15(10-44)48-25(29)42-12-37-17-22(42)40-28(35)41-23(17)46-3)9-14-19(33)30(2,49-24(45)13-7-5-4-6-8-13)26(47-14)43-11-36-16-20(31)38-27(34)39-21(16)43/h4-8,11-12,14-15,18-19,25-26,44H,9-10H2,1-3H3,(H2,34,38,39)(H2,35,40,41)/t14-,15-,18+,19-,25-,26-,29-,30-/m1/s1. The van der Waals surface area contributed by atoms with Crippen molar-refractivity contribution in [2.24, 2.45) is 5.41 Å². The number of ether oxygens (including phenoxy) is 4. The Kier molecular flexibility index (Phi) is 8.00. The summed E-state index contributed by atoms with van der Waals surface area (Å²) in [6, 6.07) is 8.03.